The standard InChI is InChI=1S/C30H58O4/c1-7-29(31-3,32-4)27-25-23-21-19-17-15-13-11-9-10-12-14-16-18-20-22-24-26-28-30(8-2,33-5)34-6/h7-8H,1-2,9-28H2,3-6H3. The molecule has 0 atom stereocenters. The van der Waals surface area contributed by atoms with E-state index in [1.54, 1.807) is 40.6 Å². The van der Waals surface area contributed by atoms with Crippen LogP contribution >= 0.6 is 0 Å². The Morgan fingerprint density at radius 2 is 0.559 bits per heavy atom. The summed E-state index contributed by atoms with van der Waals surface area (Å²) in [5.74, 6) is -1.18. The van der Waals surface area contributed by atoms with Crippen molar-refractivity contribution in [2.45, 2.75) is 140 Å². The van der Waals surface area contributed by atoms with Crippen molar-refractivity contribution in [3.05, 3.63) is 25.3 Å². The molecule has 0 radical (unpaired) electrons. The highest BCUT2D eigenvalue weighted by molar-refractivity contribution is 4.89. The molecule has 0 rings (SSSR count). The van der Waals surface area contributed by atoms with Crippen molar-refractivity contribution in [3.8, 4) is 0 Å². The van der Waals surface area contributed by atoms with Gasteiger partial charge in [0.25, 0.3) is 0 Å². The van der Waals surface area contributed by atoms with Gasteiger partial charge in [0.05, 0.1) is 0 Å². The zero-order valence-electron chi connectivity index (χ0n) is 23.3. The summed E-state index contributed by atoms with van der Waals surface area (Å²) in [5.41, 5.74) is 0. The molecule has 0 saturated carbocycles. The van der Waals surface area contributed by atoms with Gasteiger partial charge in [-0.05, 0) is 25.0 Å². The van der Waals surface area contributed by atoms with Gasteiger partial charge >= 0.3 is 0 Å². The molecule has 0 aromatic rings. The minimum absolute atomic E-state index is 0.589. The highest BCUT2D eigenvalue weighted by Crippen LogP contribution is 2.23. The Hall–Kier alpha value is -0.680. The number of rotatable bonds is 27. The van der Waals surface area contributed by atoms with Crippen LogP contribution in [0.4, 0.5) is 0 Å². The summed E-state index contributed by atoms with van der Waals surface area (Å²) in [6.07, 6.45) is 29.5. The van der Waals surface area contributed by atoms with Crippen molar-refractivity contribution >= 4 is 0 Å². The highest BCUT2D eigenvalue weighted by atomic mass is 16.7. The zero-order chi connectivity index (χ0) is 25.4. The summed E-state index contributed by atoms with van der Waals surface area (Å²) in [5, 5.41) is 0. The summed E-state index contributed by atoms with van der Waals surface area (Å²) in [6, 6.07) is 0. The monoisotopic (exact) mass is 482 g/mol. The quantitative estimate of drug-likeness (QED) is 0.0664. The average Bonchev–Trinajstić information content (AvgIpc) is 2.88. The van der Waals surface area contributed by atoms with E-state index in [9.17, 15) is 0 Å². The van der Waals surface area contributed by atoms with Crippen molar-refractivity contribution in [2.75, 3.05) is 28.4 Å². The van der Waals surface area contributed by atoms with Crippen LogP contribution in [0.25, 0.3) is 0 Å². The number of unbranched alkanes of at least 4 members (excludes halogenated alkanes) is 17. The molecule has 4 nitrogen and oxygen atoms in total. The lowest BCUT2D eigenvalue weighted by Crippen LogP contribution is -2.30. The van der Waals surface area contributed by atoms with Gasteiger partial charge in [0.2, 0.25) is 0 Å². The van der Waals surface area contributed by atoms with Crippen LogP contribution in [0.1, 0.15) is 128 Å². The van der Waals surface area contributed by atoms with Crippen LogP contribution in [-0.2, 0) is 18.9 Å². The van der Waals surface area contributed by atoms with E-state index in [-0.39, 0.29) is 0 Å². The molecule has 0 aliphatic heterocycles. The molecule has 0 aliphatic carbocycles. The Morgan fingerprint density at radius 1 is 0.382 bits per heavy atom. The van der Waals surface area contributed by atoms with Crippen LogP contribution in [0.15, 0.2) is 25.3 Å². The number of hydrogen-bond acceptors (Lipinski definition) is 4. The van der Waals surface area contributed by atoms with E-state index in [1.807, 2.05) is 0 Å². The molecular formula is C30H58O4. The molecule has 0 spiro atoms. The molecule has 0 bridgehead atoms. The minimum Gasteiger partial charge on any atom is -0.350 e. The van der Waals surface area contributed by atoms with Crippen LogP contribution in [0.5, 0.6) is 0 Å². The number of methoxy groups -OCH3 is 4. The molecular weight excluding hydrogens is 424 g/mol. The summed E-state index contributed by atoms with van der Waals surface area (Å²) in [6.45, 7) is 7.66. The van der Waals surface area contributed by atoms with Crippen molar-refractivity contribution in [1.29, 1.82) is 0 Å². The third-order valence-electron chi connectivity index (χ3n) is 7.30. The molecule has 34 heavy (non-hydrogen) atoms. The zero-order valence-corrected chi connectivity index (χ0v) is 23.3. The molecule has 0 fully saturated rings. The smallest absolute Gasteiger partial charge is 0.186 e. The van der Waals surface area contributed by atoms with Crippen LogP contribution in [-0.4, -0.2) is 40.0 Å². The molecule has 0 aromatic carbocycles. The Bertz CT molecular complexity index is 413. The minimum atomic E-state index is -0.589. The molecule has 4 heteroatoms. The lowest BCUT2D eigenvalue weighted by atomic mass is 10.0. The average molecular weight is 483 g/mol. The maximum absolute atomic E-state index is 5.44. The molecule has 0 unspecified atom stereocenters. The predicted molar refractivity (Wildman–Crippen MR) is 146 cm³/mol. The Labute approximate surface area is 212 Å². The second-order valence-electron chi connectivity index (χ2n) is 9.71. The van der Waals surface area contributed by atoms with Crippen molar-refractivity contribution in [1.82, 2.24) is 0 Å². The lowest BCUT2D eigenvalue weighted by molar-refractivity contribution is -0.174. The van der Waals surface area contributed by atoms with Gasteiger partial charge < -0.3 is 18.9 Å². The van der Waals surface area contributed by atoms with E-state index in [0.717, 1.165) is 25.7 Å². The molecule has 0 aliphatic rings. The largest absolute Gasteiger partial charge is 0.350 e. The molecule has 0 heterocycles. The van der Waals surface area contributed by atoms with Gasteiger partial charge in [0, 0.05) is 41.3 Å². The molecule has 202 valence electrons. The molecule has 0 aromatic heterocycles. The van der Waals surface area contributed by atoms with Crippen molar-refractivity contribution < 1.29 is 18.9 Å². The molecule has 0 amide bonds. The summed E-state index contributed by atoms with van der Waals surface area (Å²) < 4.78 is 21.8. The number of ether oxygens (including phenoxy) is 4. The van der Waals surface area contributed by atoms with E-state index in [0.29, 0.717) is 0 Å². The normalized spacial score (nSPS) is 12.2. The van der Waals surface area contributed by atoms with Crippen LogP contribution < -0.4 is 0 Å². The van der Waals surface area contributed by atoms with E-state index in [2.05, 4.69) is 13.2 Å². The van der Waals surface area contributed by atoms with Crippen molar-refractivity contribution in [3.63, 3.8) is 0 Å². The third-order valence-corrected chi connectivity index (χ3v) is 7.30. The first-order chi connectivity index (χ1) is 16.6. The fourth-order valence-electron chi connectivity index (χ4n) is 4.68. The van der Waals surface area contributed by atoms with Crippen molar-refractivity contribution in [2.24, 2.45) is 0 Å². The molecule has 0 saturated heterocycles. The van der Waals surface area contributed by atoms with E-state index >= 15 is 0 Å². The van der Waals surface area contributed by atoms with Crippen LogP contribution in [0, 0.1) is 0 Å². The predicted octanol–water partition coefficient (Wildman–Crippen LogP) is 9.14. The van der Waals surface area contributed by atoms with Gasteiger partial charge in [0.15, 0.2) is 11.6 Å². The summed E-state index contributed by atoms with van der Waals surface area (Å²) in [7, 11) is 6.76. The van der Waals surface area contributed by atoms with E-state index < -0.39 is 11.6 Å². The summed E-state index contributed by atoms with van der Waals surface area (Å²) >= 11 is 0. The Kier molecular flexibility index (Phi) is 22.3. The third kappa shape index (κ3) is 16.1. The fraction of sp³-hybridized carbons (Fsp3) is 0.867. The second kappa shape index (κ2) is 22.8. The first-order valence-corrected chi connectivity index (χ1v) is 14.1. The Morgan fingerprint density at radius 3 is 0.706 bits per heavy atom. The van der Waals surface area contributed by atoms with E-state index in [1.165, 1.54) is 103 Å². The second-order valence-corrected chi connectivity index (χ2v) is 9.71. The van der Waals surface area contributed by atoms with Gasteiger partial charge in [-0.2, -0.15) is 0 Å². The SMILES string of the molecule is C=CC(CCCCCCCCCCCCCCCCCCCCC(C=C)(OC)OC)(OC)OC. The highest BCUT2D eigenvalue weighted by Gasteiger charge is 2.24. The summed E-state index contributed by atoms with van der Waals surface area (Å²) in [4.78, 5) is 0. The van der Waals surface area contributed by atoms with Gasteiger partial charge in [0.1, 0.15) is 0 Å². The van der Waals surface area contributed by atoms with Crippen LogP contribution in [0.3, 0.4) is 0 Å². The van der Waals surface area contributed by atoms with Crippen LogP contribution in [0.2, 0.25) is 0 Å². The topological polar surface area (TPSA) is 36.9 Å². The first-order valence-electron chi connectivity index (χ1n) is 14.1. The van der Waals surface area contributed by atoms with E-state index in [4.69, 9.17) is 18.9 Å². The fourth-order valence-corrected chi connectivity index (χ4v) is 4.68. The molecule has 0 N–H and O–H groups in total. The van der Waals surface area contributed by atoms with Gasteiger partial charge in [-0.15, -0.1) is 0 Å². The lowest BCUT2D eigenvalue weighted by Gasteiger charge is -2.27. The van der Waals surface area contributed by atoms with Gasteiger partial charge in [-0.3, -0.25) is 0 Å². The van der Waals surface area contributed by atoms with Gasteiger partial charge in [-0.1, -0.05) is 116 Å². The van der Waals surface area contributed by atoms with Gasteiger partial charge in [-0.25, -0.2) is 0 Å². The maximum Gasteiger partial charge on any atom is 0.186 e. The maximum atomic E-state index is 5.44. The Balaban J connectivity index is 3.32. The first kappa shape index (κ1) is 33.3. The number of hydrogen-bond donors (Lipinski definition) is 0.